The lowest BCUT2D eigenvalue weighted by Crippen LogP contribution is -2.60. The fourth-order valence-electron chi connectivity index (χ4n) is 4.59. The van der Waals surface area contributed by atoms with Crippen molar-refractivity contribution in [2.45, 2.75) is 38.4 Å². The largest absolute Gasteiger partial charge is 0.453 e. The molecule has 10 nitrogen and oxygen atoms in total. The summed E-state index contributed by atoms with van der Waals surface area (Å²) in [6.45, 7) is 4.87. The minimum absolute atomic E-state index is 0.0532. The third-order valence-electron chi connectivity index (χ3n) is 6.81. The molecule has 2 aliphatic rings. The van der Waals surface area contributed by atoms with Gasteiger partial charge in [-0.1, -0.05) is 6.07 Å². The van der Waals surface area contributed by atoms with Gasteiger partial charge in [0.05, 0.1) is 26.8 Å². The molecule has 1 aliphatic heterocycles. The van der Waals surface area contributed by atoms with E-state index in [0.29, 0.717) is 18.0 Å². The van der Waals surface area contributed by atoms with Crippen LogP contribution in [0.25, 0.3) is 20.8 Å². The number of halogens is 1. The van der Waals surface area contributed by atoms with Crippen molar-refractivity contribution in [2.24, 2.45) is 0 Å². The van der Waals surface area contributed by atoms with E-state index in [-0.39, 0.29) is 29.9 Å². The molecule has 0 bridgehead atoms. The standard InChI is InChI=1S/C29H30FN7O3S/c1-2-31-28(38)36-20-15-37(16-20)14-17-3-7-22(33-13-17)26-12-23-27(41-26)25(9-10-32-23)40-24-8-6-19(11-21(24)30)35-29(39)34-18-4-5-18/h3,6-13,18,20H,2,4-5,14-16H2,1H3,(H2,31,36,38)(H2,34,35,39). The first-order valence-electron chi connectivity index (χ1n) is 13.6. The van der Waals surface area contributed by atoms with E-state index in [4.69, 9.17) is 4.74 Å². The SMILES string of the molecule is CCNC(=O)NC1CN(Cc2ccc(-c3cc4nccc(Oc5ccc(NC(=O)NC6CC6)cc5F)c4s3)nc2)C1. The molecule has 4 aromatic rings. The molecule has 0 unspecified atom stereocenters. The van der Waals surface area contributed by atoms with Gasteiger partial charge in [-0.25, -0.2) is 14.0 Å². The molecule has 3 aromatic heterocycles. The summed E-state index contributed by atoms with van der Waals surface area (Å²) < 4.78 is 21.6. The number of amides is 4. The number of nitrogens with one attached hydrogen (secondary N) is 4. The van der Waals surface area contributed by atoms with Gasteiger partial charge in [-0.15, -0.1) is 11.3 Å². The number of hydrogen-bond donors (Lipinski definition) is 4. The van der Waals surface area contributed by atoms with Gasteiger partial charge in [-0.05, 0) is 49.6 Å². The average molecular weight is 576 g/mol. The highest BCUT2D eigenvalue weighted by atomic mass is 32.1. The number of rotatable bonds is 9. The molecular formula is C29H30FN7O3S. The molecule has 41 heavy (non-hydrogen) atoms. The number of ether oxygens (including phenoxy) is 1. The van der Waals surface area contributed by atoms with Crippen LogP contribution in [-0.4, -0.2) is 58.6 Å². The number of likely N-dealkylation sites (tertiary alicyclic amines) is 1. The summed E-state index contributed by atoms with van der Waals surface area (Å²) >= 11 is 1.48. The van der Waals surface area contributed by atoms with Gasteiger partial charge in [0.25, 0.3) is 0 Å². The van der Waals surface area contributed by atoms with Crippen LogP contribution in [0.2, 0.25) is 0 Å². The number of anilines is 1. The van der Waals surface area contributed by atoms with E-state index < -0.39 is 5.82 Å². The normalized spacial score (nSPS) is 15.3. The van der Waals surface area contributed by atoms with Crippen molar-refractivity contribution in [3.8, 4) is 22.1 Å². The quantitative estimate of drug-likeness (QED) is 0.221. The van der Waals surface area contributed by atoms with E-state index in [9.17, 15) is 14.0 Å². The number of nitrogens with zero attached hydrogens (tertiary/aromatic N) is 3. The molecule has 212 valence electrons. The lowest BCUT2D eigenvalue weighted by molar-refractivity contribution is 0.122. The molecule has 0 radical (unpaired) electrons. The zero-order chi connectivity index (χ0) is 28.3. The smallest absolute Gasteiger partial charge is 0.319 e. The van der Waals surface area contributed by atoms with Crippen molar-refractivity contribution in [3.63, 3.8) is 0 Å². The van der Waals surface area contributed by atoms with Crippen LogP contribution in [0.1, 0.15) is 25.3 Å². The van der Waals surface area contributed by atoms with Crippen LogP contribution in [0.4, 0.5) is 19.7 Å². The van der Waals surface area contributed by atoms with Gasteiger partial charge in [0.2, 0.25) is 0 Å². The van der Waals surface area contributed by atoms with Gasteiger partial charge in [0.15, 0.2) is 11.6 Å². The van der Waals surface area contributed by atoms with Crippen LogP contribution in [-0.2, 0) is 6.54 Å². The summed E-state index contributed by atoms with van der Waals surface area (Å²) in [5.74, 6) is -0.0400. The highest BCUT2D eigenvalue weighted by Crippen LogP contribution is 2.39. The van der Waals surface area contributed by atoms with Crippen LogP contribution in [0, 0.1) is 5.82 Å². The third kappa shape index (κ3) is 6.55. The van der Waals surface area contributed by atoms with Gasteiger partial charge < -0.3 is 26.0 Å². The van der Waals surface area contributed by atoms with Crippen LogP contribution in [0.15, 0.2) is 54.9 Å². The minimum atomic E-state index is -0.582. The Balaban J connectivity index is 1.09. The van der Waals surface area contributed by atoms with Gasteiger partial charge in [-0.2, -0.15) is 0 Å². The Bertz CT molecular complexity index is 1570. The minimum Gasteiger partial charge on any atom is -0.453 e. The van der Waals surface area contributed by atoms with Crippen molar-refractivity contribution >= 4 is 39.3 Å². The Morgan fingerprint density at radius 3 is 2.59 bits per heavy atom. The highest BCUT2D eigenvalue weighted by molar-refractivity contribution is 7.22. The molecule has 4 heterocycles. The van der Waals surface area contributed by atoms with Crippen molar-refractivity contribution in [2.75, 3.05) is 25.0 Å². The maximum atomic E-state index is 14.9. The summed E-state index contributed by atoms with van der Waals surface area (Å²) in [7, 11) is 0. The highest BCUT2D eigenvalue weighted by Gasteiger charge is 2.28. The summed E-state index contributed by atoms with van der Waals surface area (Å²) in [6, 6.07) is 11.9. The van der Waals surface area contributed by atoms with Crippen LogP contribution >= 0.6 is 11.3 Å². The first-order chi connectivity index (χ1) is 19.9. The maximum Gasteiger partial charge on any atom is 0.319 e. The van der Waals surface area contributed by atoms with Gasteiger partial charge >= 0.3 is 12.1 Å². The molecule has 1 saturated carbocycles. The Morgan fingerprint density at radius 1 is 1.02 bits per heavy atom. The molecule has 0 atom stereocenters. The predicted molar refractivity (Wildman–Crippen MR) is 156 cm³/mol. The van der Waals surface area contributed by atoms with Crippen molar-refractivity contribution in [1.29, 1.82) is 0 Å². The van der Waals surface area contributed by atoms with E-state index in [1.54, 1.807) is 18.3 Å². The fraction of sp³-hybridized carbons (Fsp3) is 0.310. The first kappa shape index (κ1) is 26.9. The molecule has 6 rings (SSSR count). The number of carbonyl (C=O) groups is 2. The second-order valence-electron chi connectivity index (χ2n) is 10.2. The lowest BCUT2D eigenvalue weighted by Gasteiger charge is -2.39. The predicted octanol–water partition coefficient (Wildman–Crippen LogP) is 5.08. The zero-order valence-electron chi connectivity index (χ0n) is 22.4. The van der Waals surface area contributed by atoms with Gasteiger partial charge in [0.1, 0.15) is 5.75 Å². The first-order valence-corrected chi connectivity index (χ1v) is 14.4. The monoisotopic (exact) mass is 575 g/mol. The van der Waals surface area contributed by atoms with E-state index >= 15 is 0 Å². The second kappa shape index (κ2) is 11.7. The number of carbonyl (C=O) groups excluding carboxylic acids is 2. The molecule has 4 N–H and O–H groups in total. The molecule has 1 aliphatic carbocycles. The van der Waals surface area contributed by atoms with Gasteiger partial charge in [-0.3, -0.25) is 14.9 Å². The van der Waals surface area contributed by atoms with Gasteiger partial charge in [0, 0.05) is 62.4 Å². The van der Waals surface area contributed by atoms with E-state index in [1.165, 1.54) is 23.5 Å². The van der Waals surface area contributed by atoms with Crippen molar-refractivity contribution < 1.29 is 18.7 Å². The molecule has 2 fully saturated rings. The van der Waals surface area contributed by atoms with Crippen LogP contribution in [0.3, 0.4) is 0 Å². The number of fused-ring (bicyclic) bond motifs is 1. The maximum absolute atomic E-state index is 14.9. The fourth-order valence-corrected chi connectivity index (χ4v) is 5.63. The Morgan fingerprint density at radius 2 is 1.85 bits per heavy atom. The molecule has 12 heteroatoms. The second-order valence-corrected chi connectivity index (χ2v) is 11.3. The van der Waals surface area contributed by atoms with E-state index in [2.05, 4.69) is 42.2 Å². The molecule has 0 spiro atoms. The lowest BCUT2D eigenvalue weighted by atomic mass is 10.1. The van der Waals surface area contributed by atoms with E-state index in [0.717, 1.165) is 58.8 Å². The molecular weight excluding hydrogens is 545 g/mol. The number of hydrogen-bond acceptors (Lipinski definition) is 7. The summed E-state index contributed by atoms with van der Waals surface area (Å²) in [5, 5.41) is 11.2. The number of pyridine rings is 2. The summed E-state index contributed by atoms with van der Waals surface area (Å²) in [5.41, 5.74) is 2.99. The zero-order valence-corrected chi connectivity index (χ0v) is 23.3. The van der Waals surface area contributed by atoms with Crippen LogP contribution in [0.5, 0.6) is 11.5 Å². The number of urea groups is 2. The summed E-state index contributed by atoms with van der Waals surface area (Å²) in [6.07, 6.45) is 5.44. The third-order valence-corrected chi connectivity index (χ3v) is 7.97. The Labute approximate surface area is 240 Å². The Hall–Kier alpha value is -4.29. The topological polar surface area (TPSA) is 121 Å². The van der Waals surface area contributed by atoms with Crippen LogP contribution < -0.4 is 26.0 Å². The molecule has 1 aromatic carbocycles. The molecule has 4 amide bonds. The van der Waals surface area contributed by atoms with Crippen molar-refractivity contribution in [3.05, 3.63) is 66.2 Å². The number of aromatic nitrogens is 2. The van der Waals surface area contributed by atoms with Crippen molar-refractivity contribution in [1.82, 2.24) is 30.8 Å². The average Bonchev–Trinajstić information content (AvgIpc) is 3.63. The number of benzene rings is 1. The Kier molecular flexibility index (Phi) is 7.66. The molecule has 1 saturated heterocycles. The van der Waals surface area contributed by atoms with E-state index in [1.807, 2.05) is 25.3 Å². The number of thiophene rings is 1. The summed E-state index contributed by atoms with van der Waals surface area (Å²) in [4.78, 5) is 35.9.